The van der Waals surface area contributed by atoms with Crippen molar-refractivity contribution in [2.24, 2.45) is 0 Å². The molecule has 5 heteroatoms. The molecule has 0 atom stereocenters. The zero-order valence-electron chi connectivity index (χ0n) is 9.11. The van der Waals surface area contributed by atoms with Crippen LogP contribution in [0.2, 0.25) is 0 Å². The molecule has 2 heterocycles. The summed E-state index contributed by atoms with van der Waals surface area (Å²) < 4.78 is 6.95. The van der Waals surface area contributed by atoms with Crippen molar-refractivity contribution in [2.45, 2.75) is 20.4 Å². The molecule has 0 saturated carbocycles. The maximum atomic E-state index is 5.09. The van der Waals surface area contributed by atoms with Crippen molar-refractivity contribution in [3.8, 4) is 0 Å². The third kappa shape index (κ3) is 1.86. The number of anilines is 1. The van der Waals surface area contributed by atoms with Crippen molar-refractivity contribution in [3.63, 3.8) is 0 Å². The Morgan fingerprint density at radius 3 is 2.80 bits per heavy atom. The van der Waals surface area contributed by atoms with Crippen molar-refractivity contribution in [2.75, 3.05) is 12.4 Å². The van der Waals surface area contributed by atoms with Gasteiger partial charge in [-0.15, -0.1) is 0 Å². The highest BCUT2D eigenvalue weighted by atomic mass is 16.5. The first-order valence-corrected chi connectivity index (χ1v) is 4.83. The van der Waals surface area contributed by atoms with Crippen LogP contribution in [0, 0.1) is 13.8 Å². The van der Waals surface area contributed by atoms with Crippen LogP contribution in [0.15, 0.2) is 16.8 Å². The van der Waals surface area contributed by atoms with Gasteiger partial charge in [-0.3, -0.25) is 4.68 Å². The molecule has 2 aromatic rings. The minimum Gasteiger partial charge on any atom is -0.372 e. The Morgan fingerprint density at radius 1 is 1.47 bits per heavy atom. The predicted octanol–water partition coefficient (Wildman–Crippen LogP) is 1.58. The van der Waals surface area contributed by atoms with E-state index in [4.69, 9.17) is 4.52 Å². The molecular weight excluding hydrogens is 192 g/mol. The molecule has 0 radical (unpaired) electrons. The molecule has 5 nitrogen and oxygen atoms in total. The van der Waals surface area contributed by atoms with Gasteiger partial charge in [0.1, 0.15) is 11.6 Å². The van der Waals surface area contributed by atoms with Gasteiger partial charge in [-0.25, -0.2) is 0 Å². The number of nitrogens with one attached hydrogen (secondary N) is 1. The van der Waals surface area contributed by atoms with E-state index in [1.807, 2.05) is 37.8 Å². The molecule has 0 aromatic carbocycles. The molecular formula is C10H14N4O. The summed E-state index contributed by atoms with van der Waals surface area (Å²) in [5, 5.41) is 11.2. The van der Waals surface area contributed by atoms with Gasteiger partial charge in [0.05, 0.1) is 12.2 Å². The average Bonchev–Trinajstić information content (AvgIpc) is 2.80. The average molecular weight is 206 g/mol. The van der Waals surface area contributed by atoms with Crippen molar-refractivity contribution in [3.05, 3.63) is 29.3 Å². The number of aromatic nitrogens is 3. The minimum atomic E-state index is 0.697. The van der Waals surface area contributed by atoms with Crippen LogP contribution < -0.4 is 5.32 Å². The van der Waals surface area contributed by atoms with Crippen LogP contribution in [-0.4, -0.2) is 22.0 Å². The standard InChI is InChI=1S/C10H14N4O/c1-7-9(8(2)15-13-7)6-14-5-4-10(11-3)12-14/h4-5H,6H2,1-3H3,(H,11,12). The Balaban J connectivity index is 2.21. The lowest BCUT2D eigenvalue weighted by Crippen LogP contribution is -2.02. The Hall–Kier alpha value is -1.78. The topological polar surface area (TPSA) is 55.9 Å². The fraction of sp³-hybridized carbons (Fsp3) is 0.400. The molecule has 2 rings (SSSR count). The van der Waals surface area contributed by atoms with Gasteiger partial charge in [-0.1, -0.05) is 5.16 Å². The van der Waals surface area contributed by atoms with Crippen molar-refractivity contribution >= 4 is 5.82 Å². The fourth-order valence-corrected chi connectivity index (χ4v) is 1.47. The van der Waals surface area contributed by atoms with E-state index in [-0.39, 0.29) is 0 Å². The van der Waals surface area contributed by atoms with E-state index in [1.165, 1.54) is 0 Å². The molecule has 0 aliphatic carbocycles. The van der Waals surface area contributed by atoms with E-state index in [0.29, 0.717) is 6.54 Å². The summed E-state index contributed by atoms with van der Waals surface area (Å²) >= 11 is 0. The highest BCUT2D eigenvalue weighted by Gasteiger charge is 2.09. The first-order valence-electron chi connectivity index (χ1n) is 4.83. The monoisotopic (exact) mass is 206 g/mol. The molecule has 1 N–H and O–H groups in total. The van der Waals surface area contributed by atoms with E-state index >= 15 is 0 Å². The van der Waals surface area contributed by atoms with Crippen LogP contribution in [-0.2, 0) is 6.54 Å². The molecule has 0 amide bonds. The Morgan fingerprint density at radius 2 is 2.27 bits per heavy atom. The minimum absolute atomic E-state index is 0.697. The number of hydrogen-bond acceptors (Lipinski definition) is 4. The third-order valence-electron chi connectivity index (χ3n) is 2.40. The fourth-order valence-electron chi connectivity index (χ4n) is 1.47. The van der Waals surface area contributed by atoms with Gasteiger partial charge in [0, 0.05) is 24.9 Å². The second-order valence-electron chi connectivity index (χ2n) is 3.45. The molecule has 0 saturated heterocycles. The first kappa shape index (κ1) is 9.76. The van der Waals surface area contributed by atoms with Crippen LogP contribution in [0.5, 0.6) is 0 Å². The quantitative estimate of drug-likeness (QED) is 0.828. The highest BCUT2D eigenvalue weighted by molar-refractivity contribution is 5.31. The molecule has 15 heavy (non-hydrogen) atoms. The Bertz CT molecular complexity index is 438. The zero-order chi connectivity index (χ0) is 10.8. The SMILES string of the molecule is CNc1ccn(Cc2c(C)noc2C)n1. The van der Waals surface area contributed by atoms with Gasteiger partial charge in [0.25, 0.3) is 0 Å². The molecule has 0 spiro atoms. The van der Waals surface area contributed by atoms with E-state index in [9.17, 15) is 0 Å². The molecule has 0 unspecified atom stereocenters. The number of rotatable bonds is 3. The molecule has 0 bridgehead atoms. The molecule has 80 valence electrons. The summed E-state index contributed by atoms with van der Waals surface area (Å²) in [5.41, 5.74) is 2.02. The predicted molar refractivity (Wildman–Crippen MR) is 56.9 cm³/mol. The van der Waals surface area contributed by atoms with Gasteiger partial charge in [0.2, 0.25) is 0 Å². The van der Waals surface area contributed by atoms with E-state index in [0.717, 1.165) is 22.8 Å². The van der Waals surface area contributed by atoms with Crippen molar-refractivity contribution < 1.29 is 4.52 Å². The summed E-state index contributed by atoms with van der Waals surface area (Å²) in [4.78, 5) is 0. The van der Waals surface area contributed by atoms with E-state index in [2.05, 4.69) is 15.6 Å². The van der Waals surface area contributed by atoms with Crippen LogP contribution in [0.4, 0.5) is 5.82 Å². The normalized spacial score (nSPS) is 10.6. The van der Waals surface area contributed by atoms with Crippen LogP contribution in [0.1, 0.15) is 17.0 Å². The van der Waals surface area contributed by atoms with Gasteiger partial charge >= 0.3 is 0 Å². The molecule has 0 aliphatic rings. The summed E-state index contributed by atoms with van der Waals surface area (Å²) in [6.45, 7) is 4.55. The molecule has 2 aromatic heterocycles. The lowest BCUT2D eigenvalue weighted by molar-refractivity contribution is 0.391. The number of aryl methyl sites for hydroxylation is 2. The first-order chi connectivity index (χ1) is 7.20. The van der Waals surface area contributed by atoms with Crippen molar-refractivity contribution in [1.29, 1.82) is 0 Å². The zero-order valence-corrected chi connectivity index (χ0v) is 9.11. The van der Waals surface area contributed by atoms with E-state index < -0.39 is 0 Å². The third-order valence-corrected chi connectivity index (χ3v) is 2.40. The van der Waals surface area contributed by atoms with Crippen LogP contribution >= 0.6 is 0 Å². The smallest absolute Gasteiger partial charge is 0.147 e. The summed E-state index contributed by atoms with van der Waals surface area (Å²) in [6.07, 6.45) is 1.93. The van der Waals surface area contributed by atoms with Gasteiger partial charge in [-0.2, -0.15) is 5.10 Å². The maximum Gasteiger partial charge on any atom is 0.147 e. The maximum absolute atomic E-state index is 5.09. The second-order valence-corrected chi connectivity index (χ2v) is 3.45. The van der Waals surface area contributed by atoms with Crippen LogP contribution in [0.3, 0.4) is 0 Å². The summed E-state index contributed by atoms with van der Waals surface area (Å²) in [5.74, 6) is 1.72. The van der Waals surface area contributed by atoms with Crippen molar-refractivity contribution in [1.82, 2.24) is 14.9 Å². The summed E-state index contributed by atoms with van der Waals surface area (Å²) in [7, 11) is 1.85. The van der Waals surface area contributed by atoms with Gasteiger partial charge in [0.15, 0.2) is 0 Å². The Kier molecular flexibility index (Phi) is 2.45. The molecule has 0 fully saturated rings. The lowest BCUT2D eigenvalue weighted by Gasteiger charge is -2.00. The van der Waals surface area contributed by atoms with E-state index in [1.54, 1.807) is 0 Å². The number of hydrogen-bond donors (Lipinski definition) is 1. The Labute approximate surface area is 88.1 Å². The molecule has 0 aliphatic heterocycles. The summed E-state index contributed by atoms with van der Waals surface area (Å²) in [6, 6.07) is 1.93. The lowest BCUT2D eigenvalue weighted by atomic mass is 10.2. The van der Waals surface area contributed by atoms with Crippen LogP contribution in [0.25, 0.3) is 0 Å². The number of nitrogens with zero attached hydrogens (tertiary/aromatic N) is 3. The largest absolute Gasteiger partial charge is 0.372 e. The second kappa shape index (κ2) is 3.76. The highest BCUT2D eigenvalue weighted by Crippen LogP contribution is 2.14. The van der Waals surface area contributed by atoms with Gasteiger partial charge < -0.3 is 9.84 Å². The van der Waals surface area contributed by atoms with Gasteiger partial charge in [-0.05, 0) is 13.8 Å².